The fourth-order valence-corrected chi connectivity index (χ4v) is 3.50. The first kappa shape index (κ1) is 16.8. The van der Waals surface area contributed by atoms with Crippen LogP contribution in [0.3, 0.4) is 0 Å². The van der Waals surface area contributed by atoms with Crippen LogP contribution in [-0.4, -0.2) is 27.8 Å². The molecule has 0 radical (unpaired) electrons. The number of aryl methyl sites for hydroxylation is 2. The number of aromatic nitrogens is 2. The molecular weight excluding hydrogens is 294 g/mol. The average molecular weight is 323 g/mol. The second kappa shape index (κ2) is 6.46. The number of nitrogens with zero attached hydrogens (tertiary/aromatic N) is 3. The van der Waals surface area contributed by atoms with E-state index >= 15 is 0 Å². The Morgan fingerprint density at radius 2 is 2.08 bits per heavy atom. The van der Waals surface area contributed by atoms with Crippen LogP contribution in [0, 0.1) is 12.3 Å². The monoisotopic (exact) mass is 323 g/mol. The van der Waals surface area contributed by atoms with E-state index in [1.54, 1.807) is 0 Å². The summed E-state index contributed by atoms with van der Waals surface area (Å²) in [6.45, 7) is 16.3. The van der Waals surface area contributed by atoms with Crippen molar-refractivity contribution in [3.8, 4) is 11.3 Å². The summed E-state index contributed by atoms with van der Waals surface area (Å²) >= 11 is 0. The number of rotatable bonds is 5. The largest absolute Gasteiger partial charge is 0.373 e. The molecule has 3 nitrogen and oxygen atoms in total. The van der Waals surface area contributed by atoms with Crippen LogP contribution in [0.1, 0.15) is 38.3 Å². The fraction of sp³-hybridized carbons (Fsp3) is 0.476. The number of likely N-dealkylation sites (tertiary alicyclic amines) is 1. The van der Waals surface area contributed by atoms with E-state index in [2.05, 4.69) is 69.6 Å². The van der Waals surface area contributed by atoms with Gasteiger partial charge in [-0.15, -0.1) is 0 Å². The second-order valence-corrected chi connectivity index (χ2v) is 7.81. The smallest absolute Gasteiger partial charge is 0.0926 e. The van der Waals surface area contributed by atoms with E-state index in [0.29, 0.717) is 5.41 Å². The lowest BCUT2D eigenvalue weighted by Crippen LogP contribution is -2.24. The Balaban J connectivity index is 1.75. The van der Waals surface area contributed by atoms with Gasteiger partial charge in [0.05, 0.1) is 12.2 Å². The van der Waals surface area contributed by atoms with E-state index in [4.69, 9.17) is 5.10 Å². The van der Waals surface area contributed by atoms with E-state index < -0.39 is 0 Å². The zero-order valence-corrected chi connectivity index (χ0v) is 15.5. The summed E-state index contributed by atoms with van der Waals surface area (Å²) in [5, 5.41) is 4.81. The highest BCUT2D eigenvalue weighted by atomic mass is 15.3. The predicted molar refractivity (Wildman–Crippen MR) is 101 cm³/mol. The molecular formula is C21H29N3. The van der Waals surface area contributed by atoms with Gasteiger partial charge in [-0.2, -0.15) is 5.10 Å². The summed E-state index contributed by atoms with van der Waals surface area (Å²) < 4.78 is 2.02. The third-order valence-corrected chi connectivity index (χ3v) is 5.03. The molecule has 1 fully saturated rings. The molecule has 1 aliphatic heterocycles. The number of hydrogen-bond donors (Lipinski definition) is 0. The Kier molecular flexibility index (Phi) is 4.53. The second-order valence-electron chi connectivity index (χ2n) is 7.81. The molecule has 0 unspecified atom stereocenters. The van der Waals surface area contributed by atoms with Crippen LogP contribution in [0.15, 0.2) is 42.7 Å². The molecule has 1 aromatic heterocycles. The van der Waals surface area contributed by atoms with E-state index in [1.165, 1.54) is 23.1 Å². The minimum absolute atomic E-state index is 0.399. The highest BCUT2D eigenvalue weighted by Crippen LogP contribution is 2.31. The van der Waals surface area contributed by atoms with Crippen molar-refractivity contribution in [2.24, 2.45) is 5.41 Å². The van der Waals surface area contributed by atoms with Gasteiger partial charge in [-0.1, -0.05) is 45.0 Å². The molecule has 24 heavy (non-hydrogen) atoms. The van der Waals surface area contributed by atoms with Crippen LogP contribution in [0.25, 0.3) is 11.3 Å². The van der Waals surface area contributed by atoms with Crippen molar-refractivity contribution >= 4 is 0 Å². The first-order chi connectivity index (χ1) is 11.4. The first-order valence-corrected chi connectivity index (χ1v) is 8.94. The van der Waals surface area contributed by atoms with E-state index in [9.17, 15) is 0 Å². The Morgan fingerprint density at radius 1 is 1.29 bits per heavy atom. The van der Waals surface area contributed by atoms with Crippen molar-refractivity contribution in [1.82, 2.24) is 14.7 Å². The van der Waals surface area contributed by atoms with Gasteiger partial charge < -0.3 is 4.90 Å². The molecule has 2 heterocycles. The van der Waals surface area contributed by atoms with Crippen molar-refractivity contribution < 1.29 is 0 Å². The maximum Gasteiger partial charge on any atom is 0.0926 e. The summed E-state index contributed by atoms with van der Waals surface area (Å²) in [7, 11) is 0. The third-order valence-electron chi connectivity index (χ3n) is 5.03. The molecule has 0 amide bonds. The van der Waals surface area contributed by atoms with E-state index in [1.807, 2.05) is 4.68 Å². The van der Waals surface area contributed by atoms with Crippen molar-refractivity contribution in [3.63, 3.8) is 0 Å². The normalized spacial score (nSPS) is 16.6. The van der Waals surface area contributed by atoms with Gasteiger partial charge in [0, 0.05) is 30.5 Å². The standard InChI is InChI=1S/C21H29N3/c1-6-18-8-7-16(2)13-19(18)20-9-11-24(22-20)14-17(3)23-12-10-21(4,5)15-23/h7-9,11,13H,3,6,10,12,14-15H2,1-2,4-5H3. The van der Waals surface area contributed by atoms with Gasteiger partial charge in [0.1, 0.15) is 0 Å². The van der Waals surface area contributed by atoms with Crippen molar-refractivity contribution in [1.29, 1.82) is 0 Å². The number of allylic oxidation sites excluding steroid dienone is 1. The number of hydrogen-bond acceptors (Lipinski definition) is 2. The highest BCUT2D eigenvalue weighted by molar-refractivity contribution is 5.64. The fourth-order valence-electron chi connectivity index (χ4n) is 3.50. The van der Waals surface area contributed by atoms with Crippen LogP contribution < -0.4 is 0 Å². The van der Waals surface area contributed by atoms with Crippen LogP contribution in [0.2, 0.25) is 0 Å². The van der Waals surface area contributed by atoms with Crippen LogP contribution in [0.4, 0.5) is 0 Å². The Hall–Kier alpha value is -2.03. The molecule has 0 N–H and O–H groups in total. The lowest BCUT2D eigenvalue weighted by molar-refractivity contribution is 0.329. The number of benzene rings is 1. The van der Waals surface area contributed by atoms with Crippen LogP contribution in [0.5, 0.6) is 0 Å². The minimum atomic E-state index is 0.399. The van der Waals surface area contributed by atoms with Gasteiger partial charge in [-0.25, -0.2) is 0 Å². The molecule has 3 heteroatoms. The molecule has 0 atom stereocenters. The van der Waals surface area contributed by atoms with Crippen molar-refractivity contribution in [3.05, 3.63) is 53.9 Å². The third kappa shape index (κ3) is 3.55. The lowest BCUT2D eigenvalue weighted by Gasteiger charge is -2.23. The van der Waals surface area contributed by atoms with Gasteiger partial charge in [0.25, 0.3) is 0 Å². The summed E-state index contributed by atoms with van der Waals surface area (Å²) in [5.74, 6) is 0. The Bertz CT molecular complexity index is 739. The highest BCUT2D eigenvalue weighted by Gasteiger charge is 2.29. The Labute approximate surface area is 146 Å². The predicted octanol–water partition coefficient (Wildman–Crippen LogP) is 4.67. The molecule has 0 spiro atoms. The first-order valence-electron chi connectivity index (χ1n) is 8.94. The van der Waals surface area contributed by atoms with Crippen LogP contribution in [-0.2, 0) is 13.0 Å². The van der Waals surface area contributed by atoms with Gasteiger partial charge in [-0.05, 0) is 42.9 Å². The molecule has 1 aromatic carbocycles. The summed E-state index contributed by atoms with van der Waals surface area (Å²) in [6.07, 6.45) is 4.33. The zero-order chi connectivity index (χ0) is 17.3. The maximum atomic E-state index is 4.81. The molecule has 0 aliphatic carbocycles. The molecule has 0 saturated carbocycles. The molecule has 128 valence electrons. The lowest BCUT2D eigenvalue weighted by atomic mass is 9.93. The van der Waals surface area contributed by atoms with Crippen molar-refractivity contribution in [2.45, 2.75) is 47.1 Å². The topological polar surface area (TPSA) is 21.1 Å². The van der Waals surface area contributed by atoms with E-state index in [-0.39, 0.29) is 0 Å². The van der Waals surface area contributed by atoms with Gasteiger partial charge in [0.15, 0.2) is 0 Å². The van der Waals surface area contributed by atoms with Crippen LogP contribution >= 0.6 is 0 Å². The molecule has 1 aliphatic rings. The molecule has 3 rings (SSSR count). The molecule has 2 aromatic rings. The minimum Gasteiger partial charge on any atom is -0.373 e. The quantitative estimate of drug-likeness (QED) is 0.797. The van der Waals surface area contributed by atoms with E-state index in [0.717, 1.165) is 37.4 Å². The van der Waals surface area contributed by atoms with Gasteiger partial charge >= 0.3 is 0 Å². The summed E-state index contributed by atoms with van der Waals surface area (Å²) in [4.78, 5) is 2.41. The molecule has 0 bridgehead atoms. The summed E-state index contributed by atoms with van der Waals surface area (Å²) in [5.41, 5.74) is 6.51. The van der Waals surface area contributed by atoms with Gasteiger partial charge in [0.2, 0.25) is 0 Å². The van der Waals surface area contributed by atoms with Crippen molar-refractivity contribution in [2.75, 3.05) is 13.1 Å². The van der Waals surface area contributed by atoms with Gasteiger partial charge in [-0.3, -0.25) is 4.68 Å². The summed E-state index contributed by atoms with van der Waals surface area (Å²) in [6, 6.07) is 8.75. The zero-order valence-electron chi connectivity index (χ0n) is 15.5. The Morgan fingerprint density at radius 3 is 2.75 bits per heavy atom. The SMILES string of the molecule is C=C(Cn1ccc(-c2cc(C)ccc2CC)n1)N1CCC(C)(C)C1. The maximum absolute atomic E-state index is 4.81. The average Bonchev–Trinajstić information content (AvgIpc) is 3.13. The molecule has 1 saturated heterocycles.